The van der Waals surface area contributed by atoms with Gasteiger partial charge in [-0.2, -0.15) is 0 Å². The van der Waals surface area contributed by atoms with Crippen molar-refractivity contribution in [1.82, 2.24) is 5.32 Å². The summed E-state index contributed by atoms with van der Waals surface area (Å²) < 4.78 is 23.2. The van der Waals surface area contributed by atoms with Crippen molar-refractivity contribution in [2.75, 3.05) is 19.3 Å². The van der Waals surface area contributed by atoms with E-state index in [0.29, 0.717) is 12.2 Å². The number of nitrogens with one attached hydrogen (secondary N) is 1. The fourth-order valence-electron chi connectivity index (χ4n) is 3.23. The van der Waals surface area contributed by atoms with E-state index in [-0.39, 0.29) is 17.1 Å². The molecule has 0 radical (unpaired) electrons. The van der Waals surface area contributed by atoms with Crippen molar-refractivity contribution in [2.24, 2.45) is 11.8 Å². The van der Waals surface area contributed by atoms with Crippen molar-refractivity contribution >= 4 is 15.6 Å². The summed E-state index contributed by atoms with van der Waals surface area (Å²) in [5.41, 5.74) is 0. The molecule has 4 nitrogen and oxygen atoms in total. The van der Waals surface area contributed by atoms with Crippen LogP contribution in [-0.2, 0) is 14.6 Å². The molecule has 1 saturated carbocycles. The van der Waals surface area contributed by atoms with Crippen LogP contribution in [-0.4, -0.2) is 38.8 Å². The van der Waals surface area contributed by atoms with Gasteiger partial charge in [-0.3, -0.25) is 4.79 Å². The van der Waals surface area contributed by atoms with Gasteiger partial charge in [0, 0.05) is 18.1 Å². The van der Waals surface area contributed by atoms with Crippen molar-refractivity contribution in [3.8, 4) is 0 Å². The van der Waals surface area contributed by atoms with Gasteiger partial charge in [-0.05, 0) is 45.2 Å². The summed E-state index contributed by atoms with van der Waals surface area (Å²) in [6.07, 6.45) is 6.18. The normalized spacial score (nSPS) is 31.2. The van der Waals surface area contributed by atoms with Gasteiger partial charge in [0.1, 0.15) is 15.6 Å². The van der Waals surface area contributed by atoms with E-state index in [1.165, 1.54) is 6.26 Å². The SMILES string of the molecule is CS(=O)(=O)C1CCCC(C(=O)C2CCNCC2)C1. The first-order valence-electron chi connectivity index (χ1n) is 6.92. The Labute approximate surface area is 109 Å². The molecule has 0 spiro atoms. The van der Waals surface area contributed by atoms with E-state index in [2.05, 4.69) is 5.32 Å². The zero-order valence-electron chi connectivity index (χ0n) is 11.0. The average Bonchev–Trinajstić information content (AvgIpc) is 2.38. The molecule has 18 heavy (non-hydrogen) atoms. The van der Waals surface area contributed by atoms with Crippen LogP contribution in [0.15, 0.2) is 0 Å². The molecular weight excluding hydrogens is 250 g/mol. The molecule has 0 bridgehead atoms. The topological polar surface area (TPSA) is 63.2 Å². The number of piperidine rings is 1. The third-order valence-corrected chi connectivity index (χ3v) is 6.01. The zero-order valence-corrected chi connectivity index (χ0v) is 11.8. The smallest absolute Gasteiger partial charge is 0.150 e. The molecule has 2 aliphatic rings. The number of sulfone groups is 1. The highest BCUT2D eigenvalue weighted by molar-refractivity contribution is 7.91. The van der Waals surface area contributed by atoms with Crippen LogP contribution in [0.5, 0.6) is 0 Å². The van der Waals surface area contributed by atoms with Crippen molar-refractivity contribution in [2.45, 2.75) is 43.8 Å². The highest BCUT2D eigenvalue weighted by atomic mass is 32.2. The minimum Gasteiger partial charge on any atom is -0.317 e. The van der Waals surface area contributed by atoms with Gasteiger partial charge in [-0.25, -0.2) is 8.42 Å². The summed E-state index contributed by atoms with van der Waals surface area (Å²) in [5, 5.41) is 2.97. The number of ketones is 1. The third-order valence-electron chi connectivity index (χ3n) is 4.38. The minimum absolute atomic E-state index is 0.0124. The maximum atomic E-state index is 12.4. The maximum Gasteiger partial charge on any atom is 0.150 e. The lowest BCUT2D eigenvalue weighted by molar-refractivity contribution is -0.128. The van der Waals surface area contributed by atoms with Gasteiger partial charge in [-0.15, -0.1) is 0 Å². The van der Waals surface area contributed by atoms with E-state index in [1.54, 1.807) is 0 Å². The first-order valence-corrected chi connectivity index (χ1v) is 8.87. The zero-order chi connectivity index (χ0) is 13.2. The van der Waals surface area contributed by atoms with Crippen molar-refractivity contribution < 1.29 is 13.2 Å². The summed E-state index contributed by atoms with van der Waals surface area (Å²) in [7, 11) is -2.99. The predicted octanol–water partition coefficient (Wildman–Crippen LogP) is 1.16. The van der Waals surface area contributed by atoms with Crippen LogP contribution < -0.4 is 5.32 Å². The Kier molecular flexibility index (Phi) is 4.43. The quantitative estimate of drug-likeness (QED) is 0.838. The number of hydrogen-bond donors (Lipinski definition) is 1. The monoisotopic (exact) mass is 273 g/mol. The molecule has 0 amide bonds. The first kappa shape index (κ1) is 14.0. The van der Waals surface area contributed by atoms with Gasteiger partial charge < -0.3 is 5.32 Å². The molecule has 5 heteroatoms. The Hall–Kier alpha value is -0.420. The van der Waals surface area contributed by atoms with Crippen molar-refractivity contribution in [3.63, 3.8) is 0 Å². The lowest BCUT2D eigenvalue weighted by atomic mass is 9.79. The Morgan fingerprint density at radius 3 is 2.33 bits per heavy atom. The van der Waals surface area contributed by atoms with Crippen LogP contribution in [0, 0.1) is 11.8 Å². The second kappa shape index (κ2) is 5.70. The van der Waals surface area contributed by atoms with E-state index in [0.717, 1.165) is 45.2 Å². The van der Waals surface area contributed by atoms with Crippen LogP contribution in [0.2, 0.25) is 0 Å². The number of Topliss-reactive ketones (excluding diaryl/α,β-unsaturated/α-hetero) is 1. The Morgan fingerprint density at radius 2 is 1.72 bits per heavy atom. The molecule has 1 heterocycles. The average molecular weight is 273 g/mol. The van der Waals surface area contributed by atoms with Crippen LogP contribution >= 0.6 is 0 Å². The highest BCUT2D eigenvalue weighted by Gasteiger charge is 2.35. The van der Waals surface area contributed by atoms with E-state index < -0.39 is 9.84 Å². The van der Waals surface area contributed by atoms with Crippen molar-refractivity contribution in [3.05, 3.63) is 0 Å². The number of carbonyl (C=O) groups is 1. The second-order valence-corrected chi connectivity index (χ2v) is 8.07. The van der Waals surface area contributed by atoms with Gasteiger partial charge >= 0.3 is 0 Å². The molecule has 1 aliphatic carbocycles. The highest BCUT2D eigenvalue weighted by Crippen LogP contribution is 2.32. The lowest BCUT2D eigenvalue weighted by Crippen LogP contribution is -2.38. The van der Waals surface area contributed by atoms with E-state index in [9.17, 15) is 13.2 Å². The summed E-state index contributed by atoms with van der Waals surface area (Å²) >= 11 is 0. The number of carbonyl (C=O) groups excluding carboxylic acids is 1. The van der Waals surface area contributed by atoms with Crippen LogP contribution in [0.25, 0.3) is 0 Å². The summed E-state index contributed by atoms with van der Waals surface area (Å²) in [5.74, 6) is 0.473. The Morgan fingerprint density at radius 1 is 1.06 bits per heavy atom. The molecule has 104 valence electrons. The lowest BCUT2D eigenvalue weighted by Gasteiger charge is -2.31. The number of rotatable bonds is 3. The van der Waals surface area contributed by atoms with E-state index >= 15 is 0 Å². The maximum absolute atomic E-state index is 12.4. The van der Waals surface area contributed by atoms with Crippen LogP contribution in [0.1, 0.15) is 38.5 Å². The first-order chi connectivity index (χ1) is 8.48. The van der Waals surface area contributed by atoms with Gasteiger partial charge in [0.05, 0.1) is 5.25 Å². The third kappa shape index (κ3) is 3.32. The van der Waals surface area contributed by atoms with Crippen molar-refractivity contribution in [1.29, 1.82) is 0 Å². The van der Waals surface area contributed by atoms with E-state index in [4.69, 9.17) is 0 Å². The molecule has 2 atom stereocenters. The van der Waals surface area contributed by atoms with Gasteiger partial charge in [0.2, 0.25) is 0 Å². The van der Waals surface area contributed by atoms with Crippen LogP contribution in [0.3, 0.4) is 0 Å². The molecule has 1 N–H and O–H groups in total. The minimum atomic E-state index is -2.99. The predicted molar refractivity (Wildman–Crippen MR) is 71.2 cm³/mol. The molecule has 2 fully saturated rings. The van der Waals surface area contributed by atoms with E-state index in [1.807, 2.05) is 0 Å². The number of hydrogen-bond acceptors (Lipinski definition) is 4. The standard InChI is InChI=1S/C13H23NO3S/c1-18(16,17)12-4-2-3-11(9-12)13(15)10-5-7-14-8-6-10/h10-12,14H,2-9H2,1H3. The van der Waals surface area contributed by atoms with Gasteiger partial charge in [0.15, 0.2) is 0 Å². The summed E-state index contributed by atoms with van der Waals surface area (Å²) in [6, 6.07) is 0. The molecule has 1 aliphatic heterocycles. The Balaban J connectivity index is 1.97. The summed E-state index contributed by atoms with van der Waals surface area (Å²) in [4.78, 5) is 12.4. The Bertz CT molecular complexity index is 398. The molecule has 2 unspecified atom stereocenters. The fourth-order valence-corrected chi connectivity index (χ4v) is 4.41. The molecule has 0 aromatic heterocycles. The largest absolute Gasteiger partial charge is 0.317 e. The van der Waals surface area contributed by atoms with Gasteiger partial charge in [0.25, 0.3) is 0 Å². The second-order valence-electron chi connectivity index (χ2n) is 5.74. The van der Waals surface area contributed by atoms with Crippen LogP contribution in [0.4, 0.5) is 0 Å². The molecule has 0 aromatic rings. The van der Waals surface area contributed by atoms with Gasteiger partial charge in [-0.1, -0.05) is 6.42 Å². The molecular formula is C13H23NO3S. The molecule has 1 saturated heterocycles. The summed E-state index contributed by atoms with van der Waals surface area (Å²) in [6.45, 7) is 1.83. The molecule has 0 aromatic carbocycles. The fraction of sp³-hybridized carbons (Fsp3) is 0.923. The molecule has 2 rings (SSSR count).